The van der Waals surface area contributed by atoms with Gasteiger partial charge in [0.1, 0.15) is 12.3 Å². The number of fused-ring (bicyclic) bond motifs is 1. The van der Waals surface area contributed by atoms with Crippen LogP contribution in [0.5, 0.6) is 0 Å². The number of amides is 1. The lowest BCUT2D eigenvalue weighted by atomic mass is 10.0. The molecule has 0 N–H and O–H groups in total. The van der Waals surface area contributed by atoms with Gasteiger partial charge in [-0.2, -0.15) is 10.2 Å². The largest absolute Gasteiger partial charge is 0.271 e. The highest BCUT2D eigenvalue weighted by atomic mass is 16.1. The number of rotatable bonds is 0. The van der Waals surface area contributed by atoms with Crippen molar-refractivity contribution >= 4 is 30.4 Å². The van der Waals surface area contributed by atoms with Crippen LogP contribution in [0.4, 0.5) is 0 Å². The summed E-state index contributed by atoms with van der Waals surface area (Å²) in [5.74, 6) is -0.637. The minimum Gasteiger partial charge on any atom is -0.271 e. The van der Waals surface area contributed by atoms with Gasteiger partial charge in [0.15, 0.2) is 0 Å². The van der Waals surface area contributed by atoms with E-state index < -0.39 is 5.92 Å². The third-order valence-corrected chi connectivity index (χ3v) is 1.45. The molecule has 0 bridgehead atoms. The summed E-state index contributed by atoms with van der Waals surface area (Å²) in [6.45, 7) is 0. The summed E-state index contributed by atoms with van der Waals surface area (Å²) in [5, 5.41) is 7.18. The first kappa shape index (κ1) is 6.09. The third-order valence-electron chi connectivity index (χ3n) is 1.45. The zero-order valence-electron chi connectivity index (χ0n) is 5.51. The summed E-state index contributed by atoms with van der Waals surface area (Å²) in [5.41, 5.74) is 0.611. The first-order valence-electron chi connectivity index (χ1n) is 3.08. The predicted molar refractivity (Wildman–Crippen MR) is 41.4 cm³/mol. The van der Waals surface area contributed by atoms with Crippen molar-refractivity contribution in [3.8, 4) is 0 Å². The number of hydrogen-bond donors (Lipinski definition) is 0. The van der Waals surface area contributed by atoms with E-state index in [1.807, 2.05) is 0 Å². The zero-order valence-corrected chi connectivity index (χ0v) is 5.51. The van der Waals surface area contributed by atoms with Crippen LogP contribution in [0.1, 0.15) is 0 Å². The monoisotopic (exact) mass is 148 g/mol. The average molecular weight is 148 g/mol. The Bertz CT molecular complexity index is 313. The molecule has 11 heavy (non-hydrogen) atoms. The molecule has 5 heteroatoms. The molecule has 0 spiro atoms. The highest BCUT2D eigenvalue weighted by Gasteiger charge is 2.24. The van der Waals surface area contributed by atoms with Crippen molar-refractivity contribution in [1.82, 2.24) is 0 Å². The maximum Gasteiger partial charge on any atom is 0.261 e. The Kier molecular flexibility index (Phi) is 1.21. The van der Waals surface area contributed by atoms with Gasteiger partial charge in [-0.15, -0.1) is 0 Å². The van der Waals surface area contributed by atoms with Crippen LogP contribution in [-0.2, 0) is 4.79 Å². The molecule has 1 amide bonds. The van der Waals surface area contributed by atoms with E-state index in [4.69, 9.17) is 0 Å². The fourth-order valence-corrected chi connectivity index (χ4v) is 0.891. The van der Waals surface area contributed by atoms with Crippen molar-refractivity contribution in [2.24, 2.45) is 26.1 Å². The van der Waals surface area contributed by atoms with Crippen molar-refractivity contribution in [2.45, 2.75) is 0 Å². The number of carbonyl (C=O) groups excluding carboxylic acids is 1. The van der Waals surface area contributed by atoms with Crippen LogP contribution < -0.4 is 0 Å². The fourth-order valence-electron chi connectivity index (χ4n) is 0.891. The zero-order chi connectivity index (χ0) is 7.68. The van der Waals surface area contributed by atoms with Crippen LogP contribution in [0.15, 0.2) is 20.2 Å². The average Bonchev–Trinajstić information content (AvgIpc) is 2.06. The maximum atomic E-state index is 11.0. The number of nitrogens with zero attached hydrogens (tertiary/aromatic N) is 4. The topological polar surface area (TPSA) is 66.5 Å². The summed E-state index contributed by atoms with van der Waals surface area (Å²) in [6, 6.07) is 0. The van der Waals surface area contributed by atoms with Crippen molar-refractivity contribution in [1.29, 1.82) is 0 Å². The summed E-state index contributed by atoms with van der Waals surface area (Å²) in [6.07, 6.45) is 4.14. The lowest BCUT2D eigenvalue weighted by molar-refractivity contribution is -0.118. The molecule has 2 aliphatic rings. The molecule has 0 aromatic carbocycles. The molecule has 0 radical (unpaired) electrons. The summed E-state index contributed by atoms with van der Waals surface area (Å²) in [7, 11) is 0. The van der Waals surface area contributed by atoms with Gasteiger partial charge in [-0.25, -0.2) is 9.98 Å². The molecular formula is C6H4N4O. The SMILES string of the molecule is O=C1N=CN=C2C=NN=CC12. The van der Waals surface area contributed by atoms with Crippen LogP contribution in [0, 0.1) is 5.92 Å². The van der Waals surface area contributed by atoms with Crippen LogP contribution in [0.3, 0.4) is 0 Å². The molecule has 2 aliphatic heterocycles. The number of hydrogen-bond acceptors (Lipinski definition) is 4. The minimum absolute atomic E-state index is 0.232. The molecule has 1 atom stereocenters. The van der Waals surface area contributed by atoms with Gasteiger partial charge < -0.3 is 0 Å². The van der Waals surface area contributed by atoms with Crippen LogP contribution in [0.25, 0.3) is 0 Å². The number of carbonyl (C=O) groups is 1. The van der Waals surface area contributed by atoms with Crippen molar-refractivity contribution in [2.75, 3.05) is 0 Å². The molecule has 2 rings (SSSR count). The van der Waals surface area contributed by atoms with Gasteiger partial charge in [-0.05, 0) is 0 Å². The van der Waals surface area contributed by atoms with Gasteiger partial charge in [0.2, 0.25) is 0 Å². The van der Waals surface area contributed by atoms with Crippen LogP contribution in [0.2, 0.25) is 0 Å². The molecule has 1 unspecified atom stereocenters. The Labute approximate surface area is 62.3 Å². The highest BCUT2D eigenvalue weighted by Crippen LogP contribution is 2.06. The third kappa shape index (κ3) is 0.899. The van der Waals surface area contributed by atoms with E-state index in [2.05, 4.69) is 20.2 Å². The molecule has 2 heterocycles. The highest BCUT2D eigenvalue weighted by molar-refractivity contribution is 6.43. The summed E-state index contributed by atoms with van der Waals surface area (Å²) >= 11 is 0. The molecule has 0 saturated carbocycles. The van der Waals surface area contributed by atoms with E-state index in [1.165, 1.54) is 18.8 Å². The van der Waals surface area contributed by atoms with E-state index in [1.54, 1.807) is 0 Å². The lowest BCUT2D eigenvalue weighted by Crippen LogP contribution is -2.29. The quantitative estimate of drug-likeness (QED) is 0.464. The van der Waals surface area contributed by atoms with Gasteiger partial charge in [0.05, 0.1) is 11.9 Å². The number of aliphatic imine (C=N–C) groups is 2. The Hall–Kier alpha value is -1.65. The first-order chi connectivity index (χ1) is 5.38. The van der Waals surface area contributed by atoms with Gasteiger partial charge in [0.25, 0.3) is 5.91 Å². The van der Waals surface area contributed by atoms with Crippen LogP contribution >= 0.6 is 0 Å². The molecule has 0 aromatic heterocycles. The molecule has 0 fully saturated rings. The normalized spacial score (nSPS) is 26.7. The van der Waals surface area contributed by atoms with Gasteiger partial charge >= 0.3 is 0 Å². The van der Waals surface area contributed by atoms with Crippen molar-refractivity contribution < 1.29 is 4.79 Å². The molecule has 0 saturated heterocycles. The Balaban J connectivity index is 2.43. The lowest BCUT2D eigenvalue weighted by Gasteiger charge is -2.11. The molecule has 0 aromatic rings. The van der Waals surface area contributed by atoms with E-state index in [0.717, 1.165) is 0 Å². The van der Waals surface area contributed by atoms with Crippen LogP contribution in [-0.4, -0.2) is 30.4 Å². The van der Waals surface area contributed by atoms with Crippen molar-refractivity contribution in [3.63, 3.8) is 0 Å². The minimum atomic E-state index is -0.405. The Morgan fingerprint density at radius 3 is 3.09 bits per heavy atom. The second-order valence-electron chi connectivity index (χ2n) is 2.12. The second kappa shape index (κ2) is 2.19. The van der Waals surface area contributed by atoms with E-state index in [9.17, 15) is 4.79 Å². The molecule has 54 valence electrons. The Morgan fingerprint density at radius 2 is 2.27 bits per heavy atom. The smallest absolute Gasteiger partial charge is 0.261 e. The van der Waals surface area contributed by atoms with E-state index in [-0.39, 0.29) is 5.91 Å². The molecule has 0 aliphatic carbocycles. The van der Waals surface area contributed by atoms with Gasteiger partial charge in [0, 0.05) is 6.21 Å². The van der Waals surface area contributed by atoms with Gasteiger partial charge in [-0.1, -0.05) is 0 Å². The summed E-state index contributed by atoms with van der Waals surface area (Å²) < 4.78 is 0. The first-order valence-corrected chi connectivity index (χ1v) is 3.08. The fraction of sp³-hybridized carbons (Fsp3) is 0.167. The molecular weight excluding hydrogens is 144 g/mol. The maximum absolute atomic E-state index is 11.0. The summed E-state index contributed by atoms with van der Waals surface area (Å²) in [4.78, 5) is 18.4. The van der Waals surface area contributed by atoms with Gasteiger partial charge in [-0.3, -0.25) is 4.79 Å². The second-order valence-corrected chi connectivity index (χ2v) is 2.12. The van der Waals surface area contributed by atoms with Crippen molar-refractivity contribution in [3.05, 3.63) is 0 Å². The van der Waals surface area contributed by atoms with E-state index in [0.29, 0.717) is 5.71 Å². The molecule has 5 nitrogen and oxygen atoms in total. The standard InChI is InChI=1S/C6H4N4O/c11-6-4-1-9-10-2-5(4)7-3-8-6/h1-4H. The predicted octanol–water partition coefficient (Wildman–Crippen LogP) is -0.318. The van der Waals surface area contributed by atoms with E-state index >= 15 is 0 Å². The Morgan fingerprint density at radius 1 is 1.36 bits per heavy atom.